The molecular weight excluding hydrogens is 256 g/mol. The van der Waals surface area contributed by atoms with E-state index >= 15 is 0 Å². The second kappa shape index (κ2) is 5.73. The number of rotatable bonds is 4. The fraction of sp³-hybridized carbons (Fsp3) is 0.357. The third kappa shape index (κ3) is 3.14. The molecule has 2 heterocycles. The fourth-order valence-corrected chi connectivity index (χ4v) is 1.80. The molecule has 0 saturated heterocycles. The van der Waals surface area contributed by atoms with Crippen molar-refractivity contribution in [3.8, 4) is 0 Å². The molecule has 106 valence electrons. The zero-order chi connectivity index (χ0) is 14.7. The predicted molar refractivity (Wildman–Crippen MR) is 75.2 cm³/mol. The number of amides is 1. The number of aryl methyl sites for hydroxylation is 3. The van der Waals surface area contributed by atoms with Crippen LogP contribution in [0.15, 0.2) is 16.5 Å². The van der Waals surface area contributed by atoms with Gasteiger partial charge in [0.1, 0.15) is 11.6 Å². The van der Waals surface area contributed by atoms with E-state index in [1.54, 1.807) is 12.1 Å². The van der Waals surface area contributed by atoms with Gasteiger partial charge in [0.2, 0.25) is 5.89 Å². The monoisotopic (exact) mass is 274 g/mol. The number of aromatic nitrogens is 2. The predicted octanol–water partition coefficient (Wildman–Crippen LogP) is 1.76. The Kier molecular flexibility index (Phi) is 4.02. The van der Waals surface area contributed by atoms with Crippen LogP contribution >= 0.6 is 0 Å². The summed E-state index contributed by atoms with van der Waals surface area (Å²) >= 11 is 0. The van der Waals surface area contributed by atoms with Gasteiger partial charge >= 0.3 is 0 Å². The molecule has 0 aliphatic rings. The lowest BCUT2D eigenvalue weighted by Crippen LogP contribution is -2.23. The summed E-state index contributed by atoms with van der Waals surface area (Å²) in [5, 5.41) is 2.76. The summed E-state index contributed by atoms with van der Waals surface area (Å²) in [5.41, 5.74) is 7.80. The Hall–Kier alpha value is -2.37. The van der Waals surface area contributed by atoms with E-state index < -0.39 is 0 Å². The maximum absolute atomic E-state index is 12.1. The molecule has 0 aromatic carbocycles. The minimum absolute atomic E-state index is 0.220. The van der Waals surface area contributed by atoms with Crippen LogP contribution < -0.4 is 11.1 Å². The van der Waals surface area contributed by atoms with Gasteiger partial charge in [-0.15, -0.1) is 0 Å². The molecular formula is C14H18N4O2. The topological polar surface area (TPSA) is 94.0 Å². The summed E-state index contributed by atoms with van der Waals surface area (Å²) in [4.78, 5) is 20.4. The summed E-state index contributed by atoms with van der Waals surface area (Å²) in [6, 6.07) is 3.29. The van der Waals surface area contributed by atoms with Crippen LogP contribution in [-0.4, -0.2) is 15.9 Å². The number of carbonyl (C=O) groups excluding carboxylic acids is 1. The molecule has 0 aliphatic heterocycles. The Labute approximate surface area is 117 Å². The van der Waals surface area contributed by atoms with Crippen molar-refractivity contribution in [2.75, 3.05) is 5.73 Å². The van der Waals surface area contributed by atoms with Crippen LogP contribution in [0.1, 0.15) is 40.3 Å². The highest BCUT2D eigenvalue weighted by Crippen LogP contribution is 2.10. The van der Waals surface area contributed by atoms with E-state index in [-0.39, 0.29) is 12.5 Å². The Morgan fingerprint density at radius 3 is 2.70 bits per heavy atom. The van der Waals surface area contributed by atoms with Crippen LogP contribution in [0.5, 0.6) is 0 Å². The third-order valence-electron chi connectivity index (χ3n) is 3.00. The number of anilines is 1. The van der Waals surface area contributed by atoms with Crippen molar-refractivity contribution < 1.29 is 9.21 Å². The molecule has 0 aliphatic carbocycles. The van der Waals surface area contributed by atoms with Crippen molar-refractivity contribution in [1.29, 1.82) is 0 Å². The molecule has 2 aromatic rings. The lowest BCUT2D eigenvalue weighted by atomic mass is 10.2. The van der Waals surface area contributed by atoms with Gasteiger partial charge in [-0.05, 0) is 32.4 Å². The average Bonchev–Trinajstić information content (AvgIpc) is 2.74. The second-order valence-electron chi connectivity index (χ2n) is 4.56. The highest BCUT2D eigenvalue weighted by molar-refractivity contribution is 5.94. The number of nitrogens with two attached hydrogens (primary N) is 1. The largest absolute Gasteiger partial charge is 0.444 e. The molecule has 1 amide bonds. The molecule has 3 N–H and O–H groups in total. The van der Waals surface area contributed by atoms with E-state index in [9.17, 15) is 4.79 Å². The number of nitrogen functional groups attached to an aromatic ring is 1. The first kappa shape index (κ1) is 14.0. The molecule has 2 rings (SSSR count). The smallest absolute Gasteiger partial charge is 0.251 e. The molecule has 0 fully saturated rings. The molecule has 0 unspecified atom stereocenters. The first-order valence-corrected chi connectivity index (χ1v) is 6.47. The lowest BCUT2D eigenvalue weighted by molar-refractivity contribution is 0.0947. The zero-order valence-electron chi connectivity index (χ0n) is 11.9. The molecule has 20 heavy (non-hydrogen) atoms. The number of nitrogens with zero attached hydrogens (tertiary/aromatic N) is 2. The molecule has 0 spiro atoms. The molecule has 0 radical (unpaired) electrons. The van der Waals surface area contributed by atoms with Gasteiger partial charge in [-0.3, -0.25) is 4.79 Å². The number of pyridine rings is 1. The van der Waals surface area contributed by atoms with Gasteiger partial charge in [0.05, 0.1) is 12.2 Å². The minimum atomic E-state index is -0.220. The Balaban J connectivity index is 2.06. The number of hydrogen-bond donors (Lipinski definition) is 2. The first-order valence-electron chi connectivity index (χ1n) is 6.47. The number of oxazole rings is 1. The van der Waals surface area contributed by atoms with Gasteiger partial charge in [-0.25, -0.2) is 9.97 Å². The SMILES string of the molecule is CCc1cc(C(=O)NCc2nc(C)c(C)o2)cc(N)n1. The van der Waals surface area contributed by atoms with E-state index in [2.05, 4.69) is 15.3 Å². The summed E-state index contributed by atoms with van der Waals surface area (Å²) < 4.78 is 5.41. The van der Waals surface area contributed by atoms with E-state index in [1.165, 1.54) is 0 Å². The van der Waals surface area contributed by atoms with Gasteiger partial charge < -0.3 is 15.5 Å². The van der Waals surface area contributed by atoms with Crippen molar-refractivity contribution in [2.24, 2.45) is 0 Å². The first-order chi connectivity index (χ1) is 9.49. The van der Waals surface area contributed by atoms with E-state index in [4.69, 9.17) is 10.2 Å². The maximum atomic E-state index is 12.1. The standard InChI is InChI=1S/C14H18N4O2/c1-4-11-5-10(6-12(15)18-11)14(19)16-7-13-17-8(2)9(3)20-13/h5-6H,4,7H2,1-3H3,(H2,15,18)(H,16,19). The van der Waals surface area contributed by atoms with Crippen molar-refractivity contribution in [3.05, 3.63) is 40.7 Å². The van der Waals surface area contributed by atoms with Gasteiger partial charge in [-0.1, -0.05) is 6.92 Å². The average molecular weight is 274 g/mol. The van der Waals surface area contributed by atoms with Crippen LogP contribution in [0.25, 0.3) is 0 Å². The van der Waals surface area contributed by atoms with Crippen molar-refractivity contribution in [2.45, 2.75) is 33.7 Å². The van der Waals surface area contributed by atoms with Gasteiger partial charge in [0.15, 0.2) is 0 Å². The van der Waals surface area contributed by atoms with Crippen LogP contribution in [0.4, 0.5) is 5.82 Å². The van der Waals surface area contributed by atoms with Crippen molar-refractivity contribution in [1.82, 2.24) is 15.3 Å². The molecule has 0 saturated carbocycles. The molecule has 2 aromatic heterocycles. The molecule has 6 nitrogen and oxygen atoms in total. The van der Waals surface area contributed by atoms with E-state index in [0.29, 0.717) is 17.3 Å². The number of nitrogens with one attached hydrogen (secondary N) is 1. The third-order valence-corrected chi connectivity index (χ3v) is 3.00. The van der Waals surface area contributed by atoms with E-state index in [1.807, 2.05) is 20.8 Å². The summed E-state index contributed by atoms with van der Waals surface area (Å²) in [7, 11) is 0. The molecule has 6 heteroatoms. The molecule has 0 atom stereocenters. The second-order valence-corrected chi connectivity index (χ2v) is 4.56. The molecule has 0 bridgehead atoms. The van der Waals surface area contributed by atoms with E-state index in [0.717, 1.165) is 23.6 Å². The number of carbonyl (C=O) groups is 1. The van der Waals surface area contributed by atoms with Crippen LogP contribution in [0.2, 0.25) is 0 Å². The highest BCUT2D eigenvalue weighted by atomic mass is 16.4. The van der Waals surface area contributed by atoms with Crippen molar-refractivity contribution in [3.63, 3.8) is 0 Å². The number of hydrogen-bond acceptors (Lipinski definition) is 5. The zero-order valence-corrected chi connectivity index (χ0v) is 11.9. The summed E-state index contributed by atoms with van der Waals surface area (Å²) in [6.45, 7) is 5.91. The van der Waals surface area contributed by atoms with Crippen LogP contribution in [-0.2, 0) is 13.0 Å². The minimum Gasteiger partial charge on any atom is -0.444 e. The van der Waals surface area contributed by atoms with Gasteiger partial charge in [0, 0.05) is 11.3 Å². The van der Waals surface area contributed by atoms with Gasteiger partial charge in [-0.2, -0.15) is 0 Å². The Bertz CT molecular complexity index is 615. The normalized spacial score (nSPS) is 10.6. The lowest BCUT2D eigenvalue weighted by Gasteiger charge is -2.05. The van der Waals surface area contributed by atoms with Crippen molar-refractivity contribution >= 4 is 11.7 Å². The maximum Gasteiger partial charge on any atom is 0.251 e. The Morgan fingerprint density at radius 2 is 2.10 bits per heavy atom. The Morgan fingerprint density at radius 1 is 1.35 bits per heavy atom. The highest BCUT2D eigenvalue weighted by Gasteiger charge is 2.11. The van der Waals surface area contributed by atoms with Crippen LogP contribution in [0, 0.1) is 13.8 Å². The summed E-state index contributed by atoms with van der Waals surface area (Å²) in [5.74, 6) is 1.38. The summed E-state index contributed by atoms with van der Waals surface area (Å²) in [6.07, 6.45) is 0.726. The fourth-order valence-electron chi connectivity index (χ4n) is 1.80. The van der Waals surface area contributed by atoms with Gasteiger partial charge in [0.25, 0.3) is 5.91 Å². The quantitative estimate of drug-likeness (QED) is 0.886. The van der Waals surface area contributed by atoms with Crippen LogP contribution in [0.3, 0.4) is 0 Å².